The van der Waals surface area contributed by atoms with E-state index in [1.54, 1.807) is 4.90 Å². The molecule has 152 valence electrons. The smallest absolute Gasteiger partial charge is 0.256 e. The average molecular weight is 424 g/mol. The number of aromatic amines is 1. The van der Waals surface area contributed by atoms with Crippen molar-refractivity contribution in [2.24, 2.45) is 0 Å². The van der Waals surface area contributed by atoms with Crippen LogP contribution in [0.1, 0.15) is 28.4 Å². The molecule has 0 bridgehead atoms. The maximum absolute atomic E-state index is 13.7. The highest BCUT2D eigenvalue weighted by Gasteiger charge is 2.51. The number of thiocarbonyl (C=S) groups is 1. The lowest BCUT2D eigenvalue weighted by atomic mass is 9.89. The Morgan fingerprint density at radius 3 is 2.45 bits per heavy atom. The van der Waals surface area contributed by atoms with Crippen molar-refractivity contribution in [1.82, 2.24) is 9.88 Å². The molecule has 1 amide bonds. The van der Waals surface area contributed by atoms with Gasteiger partial charge in [-0.1, -0.05) is 66.7 Å². The lowest BCUT2D eigenvalue weighted by Gasteiger charge is -2.37. The second kappa shape index (κ2) is 6.79. The molecule has 31 heavy (non-hydrogen) atoms. The summed E-state index contributed by atoms with van der Waals surface area (Å²) in [6.07, 6.45) is 0.643. The second-order valence-electron chi connectivity index (χ2n) is 8.25. The van der Waals surface area contributed by atoms with E-state index in [4.69, 9.17) is 12.2 Å². The maximum atomic E-state index is 13.7. The average Bonchev–Trinajstić information content (AvgIpc) is 3.29. The molecular formula is C26H21N3OS. The summed E-state index contributed by atoms with van der Waals surface area (Å²) >= 11 is 5.96. The molecular weight excluding hydrogens is 402 g/mol. The fourth-order valence-electron chi connectivity index (χ4n) is 5.09. The monoisotopic (exact) mass is 423 g/mol. The van der Waals surface area contributed by atoms with Crippen molar-refractivity contribution in [2.45, 2.75) is 25.4 Å². The minimum absolute atomic E-state index is 0.0520. The molecule has 4 aromatic rings. The Kier molecular flexibility index (Phi) is 4.02. The molecule has 5 heteroatoms. The van der Waals surface area contributed by atoms with Crippen LogP contribution in [0.3, 0.4) is 0 Å². The van der Waals surface area contributed by atoms with E-state index in [1.807, 2.05) is 55.5 Å². The number of hydrogen-bond donors (Lipinski definition) is 1. The molecule has 1 saturated heterocycles. The van der Waals surface area contributed by atoms with Crippen LogP contribution in [0.4, 0.5) is 5.69 Å². The summed E-state index contributed by atoms with van der Waals surface area (Å²) in [7, 11) is 0. The van der Waals surface area contributed by atoms with Crippen molar-refractivity contribution in [1.29, 1.82) is 0 Å². The summed E-state index contributed by atoms with van der Waals surface area (Å²) in [6, 6.07) is 26.2. The van der Waals surface area contributed by atoms with Gasteiger partial charge < -0.3 is 9.88 Å². The molecule has 1 aromatic heterocycles. The Morgan fingerprint density at radius 2 is 1.65 bits per heavy atom. The van der Waals surface area contributed by atoms with Gasteiger partial charge in [-0.3, -0.25) is 9.69 Å². The zero-order valence-electron chi connectivity index (χ0n) is 17.1. The van der Waals surface area contributed by atoms with Crippen molar-refractivity contribution < 1.29 is 4.79 Å². The Bertz CT molecular complexity index is 1340. The van der Waals surface area contributed by atoms with Gasteiger partial charge in [0.15, 0.2) is 5.11 Å². The third-order valence-corrected chi connectivity index (χ3v) is 6.91. The topological polar surface area (TPSA) is 39.3 Å². The van der Waals surface area contributed by atoms with Crippen LogP contribution in [0.15, 0.2) is 78.9 Å². The number of hydrogen-bond acceptors (Lipinski definition) is 2. The highest BCUT2D eigenvalue weighted by molar-refractivity contribution is 7.80. The van der Waals surface area contributed by atoms with Crippen molar-refractivity contribution >= 4 is 39.8 Å². The number of carbonyl (C=O) groups excluding carboxylic acids is 1. The van der Waals surface area contributed by atoms with Gasteiger partial charge in [-0.05, 0) is 48.0 Å². The van der Waals surface area contributed by atoms with E-state index in [2.05, 4.69) is 40.2 Å². The van der Waals surface area contributed by atoms with Crippen LogP contribution >= 0.6 is 12.2 Å². The lowest BCUT2D eigenvalue weighted by molar-refractivity contribution is -0.120. The zero-order chi connectivity index (χ0) is 21.1. The SMILES string of the molecule is Cc1ccccc1N1C(=O)[C@H]2Cc3c([nH]c4ccccc34)[C@H](c3ccccc3)N2C1=S. The number of carbonyl (C=O) groups is 1. The van der Waals surface area contributed by atoms with Crippen LogP contribution < -0.4 is 4.90 Å². The number of H-pyrrole nitrogens is 1. The first kappa shape index (κ1) is 18.3. The molecule has 0 unspecified atom stereocenters. The first-order valence-corrected chi connectivity index (χ1v) is 10.9. The van der Waals surface area contributed by atoms with Crippen LogP contribution in [0.2, 0.25) is 0 Å². The quantitative estimate of drug-likeness (QED) is 0.455. The van der Waals surface area contributed by atoms with E-state index < -0.39 is 0 Å². The molecule has 0 radical (unpaired) electrons. The largest absolute Gasteiger partial charge is 0.356 e. The predicted molar refractivity (Wildman–Crippen MR) is 127 cm³/mol. The van der Waals surface area contributed by atoms with E-state index in [0.29, 0.717) is 11.5 Å². The summed E-state index contributed by atoms with van der Waals surface area (Å²) in [6.45, 7) is 2.02. The number of nitrogens with one attached hydrogen (secondary N) is 1. The Hall–Kier alpha value is -3.44. The van der Waals surface area contributed by atoms with Crippen molar-refractivity contribution in [3.05, 3.63) is 101 Å². The summed E-state index contributed by atoms with van der Waals surface area (Å²) < 4.78 is 0. The molecule has 1 N–H and O–H groups in total. The van der Waals surface area contributed by atoms with Crippen LogP contribution in [-0.4, -0.2) is 26.9 Å². The highest BCUT2D eigenvalue weighted by atomic mass is 32.1. The standard InChI is InChI=1S/C26H21N3OS/c1-16-9-5-8-14-21(16)29-25(30)22-15-19-18-12-6-7-13-20(18)27-23(19)24(28(22)26(29)31)17-10-3-2-4-11-17/h2-14,22,24,27H,15H2,1H3/t22-,24+/m1/s1. The van der Waals surface area contributed by atoms with Crippen LogP contribution in [0, 0.1) is 6.92 Å². The van der Waals surface area contributed by atoms with E-state index in [0.717, 1.165) is 28.0 Å². The van der Waals surface area contributed by atoms with Crippen LogP contribution in [0.5, 0.6) is 0 Å². The zero-order valence-corrected chi connectivity index (χ0v) is 17.9. The fraction of sp³-hybridized carbons (Fsp3) is 0.154. The maximum Gasteiger partial charge on any atom is 0.256 e. The molecule has 3 aromatic carbocycles. The molecule has 0 saturated carbocycles. The summed E-state index contributed by atoms with van der Waals surface area (Å²) in [4.78, 5) is 21.3. The summed E-state index contributed by atoms with van der Waals surface area (Å²) in [5.74, 6) is 0.0520. The number of para-hydroxylation sites is 2. The number of benzene rings is 3. The Labute approximate surface area is 186 Å². The Balaban J connectivity index is 1.56. The van der Waals surface area contributed by atoms with Gasteiger partial charge >= 0.3 is 0 Å². The van der Waals surface area contributed by atoms with Gasteiger partial charge in [0.2, 0.25) is 0 Å². The van der Waals surface area contributed by atoms with Gasteiger partial charge in [-0.25, -0.2) is 0 Å². The number of amides is 1. The van der Waals surface area contributed by atoms with Gasteiger partial charge in [-0.2, -0.15) is 0 Å². The third kappa shape index (κ3) is 2.60. The molecule has 0 aliphatic carbocycles. The number of nitrogens with zero attached hydrogens (tertiary/aromatic N) is 2. The van der Waals surface area contributed by atoms with Gasteiger partial charge in [-0.15, -0.1) is 0 Å². The molecule has 2 atom stereocenters. The number of aryl methyl sites for hydroxylation is 1. The summed E-state index contributed by atoms with van der Waals surface area (Å²) in [5.41, 5.74) is 6.48. The molecule has 6 rings (SSSR count). The molecule has 0 spiro atoms. The first-order valence-electron chi connectivity index (χ1n) is 10.5. The van der Waals surface area contributed by atoms with E-state index in [9.17, 15) is 4.79 Å². The first-order chi connectivity index (χ1) is 15.1. The second-order valence-corrected chi connectivity index (χ2v) is 8.61. The molecule has 4 nitrogen and oxygen atoms in total. The molecule has 2 aliphatic heterocycles. The predicted octanol–water partition coefficient (Wildman–Crippen LogP) is 5.12. The van der Waals surface area contributed by atoms with Crippen molar-refractivity contribution in [3.8, 4) is 0 Å². The van der Waals surface area contributed by atoms with Gasteiger partial charge in [0.25, 0.3) is 5.91 Å². The van der Waals surface area contributed by atoms with Crippen LogP contribution in [0.25, 0.3) is 10.9 Å². The van der Waals surface area contributed by atoms with Gasteiger partial charge in [0.05, 0.1) is 11.7 Å². The normalized spacial score (nSPS) is 20.3. The number of aromatic nitrogens is 1. The lowest BCUT2D eigenvalue weighted by Crippen LogP contribution is -2.44. The molecule has 2 aliphatic rings. The molecule has 1 fully saturated rings. The number of rotatable bonds is 2. The minimum atomic E-state index is -0.316. The van der Waals surface area contributed by atoms with Crippen molar-refractivity contribution in [3.63, 3.8) is 0 Å². The fourth-order valence-corrected chi connectivity index (χ4v) is 5.51. The molecule has 3 heterocycles. The number of anilines is 1. The van der Waals surface area contributed by atoms with Crippen LogP contribution in [-0.2, 0) is 11.2 Å². The van der Waals surface area contributed by atoms with Gasteiger partial charge in [0, 0.05) is 23.0 Å². The Morgan fingerprint density at radius 1 is 0.935 bits per heavy atom. The number of fused-ring (bicyclic) bond motifs is 4. The summed E-state index contributed by atoms with van der Waals surface area (Å²) in [5, 5.41) is 1.76. The third-order valence-electron chi connectivity index (χ3n) is 6.52. The van der Waals surface area contributed by atoms with Gasteiger partial charge in [0.1, 0.15) is 6.04 Å². The minimum Gasteiger partial charge on any atom is -0.356 e. The van der Waals surface area contributed by atoms with E-state index >= 15 is 0 Å². The van der Waals surface area contributed by atoms with E-state index in [1.165, 1.54) is 10.9 Å². The van der Waals surface area contributed by atoms with Crippen molar-refractivity contribution in [2.75, 3.05) is 4.90 Å². The van der Waals surface area contributed by atoms with E-state index in [-0.39, 0.29) is 18.0 Å². The highest BCUT2D eigenvalue weighted by Crippen LogP contribution is 2.45.